The van der Waals surface area contributed by atoms with Crippen molar-refractivity contribution >= 4 is 29.0 Å². The SMILES string of the molecule is COc1cc(C(=O)NC2CCOCC2)c(F)cc1Nc1ncc2c(n1)N(C1CCCC1)CC(F)(F)C(C)[N+]2=O. The van der Waals surface area contributed by atoms with Crippen molar-refractivity contribution in [3.05, 3.63) is 34.6 Å². The minimum Gasteiger partial charge on any atom is -0.495 e. The summed E-state index contributed by atoms with van der Waals surface area (Å²) in [5.74, 6) is -4.39. The molecule has 1 aromatic heterocycles. The first kappa shape index (κ1) is 27.1. The van der Waals surface area contributed by atoms with Gasteiger partial charge in [-0.2, -0.15) is 13.8 Å². The van der Waals surface area contributed by atoms with Gasteiger partial charge in [-0.15, -0.1) is 0 Å². The highest BCUT2D eigenvalue weighted by Gasteiger charge is 2.54. The molecular weight excluding hydrogens is 517 g/mol. The normalized spacial score (nSPS) is 21.8. The summed E-state index contributed by atoms with van der Waals surface area (Å²) in [6.45, 7) is 1.60. The number of benzene rings is 1. The summed E-state index contributed by atoms with van der Waals surface area (Å²) in [6.07, 6.45) is 5.72. The number of hydrogen-bond donors (Lipinski definition) is 2. The zero-order chi connectivity index (χ0) is 27.7. The molecule has 0 radical (unpaired) electrons. The third kappa shape index (κ3) is 5.49. The molecule has 1 atom stereocenters. The second-order valence-electron chi connectivity index (χ2n) is 10.2. The van der Waals surface area contributed by atoms with Gasteiger partial charge < -0.3 is 25.0 Å². The molecule has 39 heavy (non-hydrogen) atoms. The molecular formula is C26H32F3N6O4+. The number of nitrogens with one attached hydrogen (secondary N) is 2. The van der Waals surface area contributed by atoms with Crippen molar-refractivity contribution in [2.24, 2.45) is 0 Å². The van der Waals surface area contributed by atoms with E-state index < -0.39 is 30.2 Å². The first-order valence-corrected chi connectivity index (χ1v) is 13.2. The topological polar surface area (TPSA) is 109 Å². The molecule has 3 heterocycles. The number of amides is 1. The Balaban J connectivity index is 1.44. The quantitative estimate of drug-likeness (QED) is 0.508. The van der Waals surface area contributed by atoms with Gasteiger partial charge in [-0.1, -0.05) is 12.8 Å². The van der Waals surface area contributed by atoms with Gasteiger partial charge in [0.25, 0.3) is 11.9 Å². The van der Waals surface area contributed by atoms with Gasteiger partial charge in [0.1, 0.15) is 17.8 Å². The summed E-state index contributed by atoms with van der Waals surface area (Å²) in [6, 6.07) is 0.483. The van der Waals surface area contributed by atoms with Crippen molar-refractivity contribution in [3.8, 4) is 5.75 Å². The molecule has 5 rings (SSSR count). The Hall–Kier alpha value is -3.48. The van der Waals surface area contributed by atoms with Crippen LogP contribution < -0.4 is 20.3 Å². The fourth-order valence-electron chi connectivity index (χ4n) is 5.35. The first-order chi connectivity index (χ1) is 18.7. The van der Waals surface area contributed by atoms with Crippen LogP contribution >= 0.6 is 0 Å². The third-order valence-electron chi connectivity index (χ3n) is 7.71. The summed E-state index contributed by atoms with van der Waals surface area (Å²) < 4.78 is 56.0. The number of anilines is 3. The maximum absolute atomic E-state index is 15.1. The summed E-state index contributed by atoms with van der Waals surface area (Å²) in [7, 11) is 1.37. The lowest BCUT2D eigenvalue weighted by atomic mass is 10.1. The second kappa shape index (κ2) is 10.9. The van der Waals surface area contributed by atoms with Gasteiger partial charge in [-0.05, 0) is 31.7 Å². The Morgan fingerprint density at radius 2 is 1.92 bits per heavy atom. The predicted octanol–water partition coefficient (Wildman–Crippen LogP) is 4.47. The molecule has 1 amide bonds. The van der Waals surface area contributed by atoms with Gasteiger partial charge in [0, 0.05) is 43.2 Å². The summed E-state index contributed by atoms with van der Waals surface area (Å²) in [4.78, 5) is 35.7. The van der Waals surface area contributed by atoms with Gasteiger partial charge in [0.15, 0.2) is 0 Å². The summed E-state index contributed by atoms with van der Waals surface area (Å²) in [5.41, 5.74) is -0.0935. The van der Waals surface area contributed by atoms with Crippen molar-refractivity contribution in [2.45, 2.75) is 69.5 Å². The number of rotatable bonds is 6. The molecule has 2 aromatic rings. The zero-order valence-electron chi connectivity index (χ0n) is 21.9. The fraction of sp³-hybridized carbons (Fsp3) is 0.577. The van der Waals surface area contributed by atoms with Crippen molar-refractivity contribution in [2.75, 3.05) is 37.1 Å². The van der Waals surface area contributed by atoms with Crippen LogP contribution in [0.5, 0.6) is 5.75 Å². The van der Waals surface area contributed by atoms with Crippen molar-refractivity contribution in [1.82, 2.24) is 15.3 Å². The number of nitrogens with zero attached hydrogens (tertiary/aromatic N) is 4. The number of halogens is 3. The smallest absolute Gasteiger partial charge is 0.329 e. The fourth-order valence-corrected chi connectivity index (χ4v) is 5.35. The van der Waals surface area contributed by atoms with E-state index in [1.807, 2.05) is 0 Å². The number of carbonyl (C=O) groups excluding carboxylic acids is 1. The van der Waals surface area contributed by atoms with Gasteiger partial charge in [0.2, 0.25) is 11.8 Å². The van der Waals surface area contributed by atoms with E-state index in [2.05, 4.69) is 20.6 Å². The number of methoxy groups -OCH3 is 1. The van der Waals surface area contributed by atoms with Crippen LogP contribution in [0.4, 0.5) is 36.3 Å². The largest absolute Gasteiger partial charge is 0.495 e. The Morgan fingerprint density at radius 1 is 1.21 bits per heavy atom. The molecule has 1 unspecified atom stereocenters. The molecule has 10 nitrogen and oxygen atoms in total. The molecule has 1 aromatic carbocycles. The van der Waals surface area contributed by atoms with Crippen LogP contribution in [-0.2, 0) is 4.74 Å². The molecule has 1 saturated carbocycles. The van der Waals surface area contributed by atoms with E-state index in [0.717, 1.165) is 18.9 Å². The summed E-state index contributed by atoms with van der Waals surface area (Å²) >= 11 is 0. The van der Waals surface area contributed by atoms with E-state index in [1.54, 1.807) is 0 Å². The highest BCUT2D eigenvalue weighted by atomic mass is 19.3. The molecule has 2 N–H and O–H groups in total. The minimum atomic E-state index is -3.27. The second-order valence-corrected chi connectivity index (χ2v) is 10.2. The molecule has 2 fully saturated rings. The standard InChI is InChI=1S/C26H31F3N6O4/c1-15-26(28,29)14-34(17-5-3-4-6-17)23-21(35(15)37)13-30-25(33-23)32-20-12-19(27)18(11-22(20)38-2)24(36)31-16-7-9-39-10-8-16/h11-13,15-17H,3-10,14H2,1-2H3,(H-,30,31,32,33,36,37)/p+1. The van der Waals surface area contributed by atoms with E-state index in [9.17, 15) is 18.5 Å². The van der Waals surface area contributed by atoms with Crippen molar-refractivity contribution in [3.63, 3.8) is 0 Å². The lowest BCUT2D eigenvalue weighted by molar-refractivity contribution is -0.528. The van der Waals surface area contributed by atoms with Crippen LogP contribution in [-0.4, -0.2) is 71.6 Å². The number of aromatic nitrogens is 2. The highest BCUT2D eigenvalue weighted by molar-refractivity contribution is 5.96. The molecule has 210 valence electrons. The summed E-state index contributed by atoms with van der Waals surface area (Å²) in [5, 5.41) is 5.69. The third-order valence-corrected chi connectivity index (χ3v) is 7.71. The van der Waals surface area contributed by atoms with Gasteiger partial charge >= 0.3 is 11.6 Å². The maximum atomic E-state index is 15.1. The van der Waals surface area contributed by atoms with Gasteiger partial charge in [0.05, 0.1) is 29.7 Å². The minimum absolute atomic E-state index is 0.0277. The van der Waals surface area contributed by atoms with E-state index >= 15 is 4.39 Å². The Bertz CT molecular complexity index is 1250. The van der Waals surface area contributed by atoms with Gasteiger partial charge in [-0.25, -0.2) is 9.37 Å². The van der Waals surface area contributed by atoms with E-state index in [4.69, 9.17) is 9.47 Å². The predicted molar refractivity (Wildman–Crippen MR) is 137 cm³/mol. The highest BCUT2D eigenvalue weighted by Crippen LogP contribution is 2.41. The Morgan fingerprint density at radius 3 is 2.62 bits per heavy atom. The number of alkyl halides is 2. The van der Waals surface area contributed by atoms with E-state index in [-0.39, 0.29) is 51.3 Å². The number of fused-ring (bicyclic) bond motifs is 1. The molecule has 13 heteroatoms. The molecule has 1 saturated heterocycles. The van der Waals surface area contributed by atoms with Crippen LogP contribution in [0.15, 0.2) is 18.3 Å². The molecule has 1 aliphatic carbocycles. The monoisotopic (exact) mass is 549 g/mol. The van der Waals surface area contributed by atoms with E-state index in [1.165, 1.54) is 31.2 Å². The lowest BCUT2D eigenvalue weighted by Crippen LogP contribution is -2.47. The molecule has 0 bridgehead atoms. The number of ether oxygens (including phenoxy) is 2. The Labute approximate surface area is 223 Å². The van der Waals surface area contributed by atoms with Crippen molar-refractivity contribution in [1.29, 1.82) is 0 Å². The lowest BCUT2D eigenvalue weighted by Gasteiger charge is -2.30. The maximum Gasteiger partial charge on any atom is 0.329 e. The van der Waals surface area contributed by atoms with Crippen LogP contribution in [0.3, 0.4) is 0 Å². The molecule has 3 aliphatic rings. The van der Waals surface area contributed by atoms with Crippen molar-refractivity contribution < 1.29 is 32.2 Å². The zero-order valence-corrected chi connectivity index (χ0v) is 21.9. The van der Waals surface area contributed by atoms with Gasteiger partial charge in [-0.3, -0.25) is 4.79 Å². The molecule has 2 aliphatic heterocycles. The average Bonchev–Trinajstić information content (AvgIpc) is 3.44. The number of nitroso groups, excluding NO2 is 1. The van der Waals surface area contributed by atoms with E-state index in [0.29, 0.717) is 38.9 Å². The molecule has 0 spiro atoms. The Kier molecular flexibility index (Phi) is 7.61. The average molecular weight is 550 g/mol. The first-order valence-electron chi connectivity index (χ1n) is 13.2. The van der Waals surface area contributed by atoms with Crippen LogP contribution in [0.25, 0.3) is 0 Å². The van der Waals surface area contributed by atoms with Crippen LogP contribution in [0, 0.1) is 10.7 Å². The number of carbonyl (C=O) groups is 1. The van der Waals surface area contributed by atoms with Crippen LogP contribution in [0.2, 0.25) is 0 Å². The number of hydrogen-bond acceptors (Lipinski definition) is 8. The van der Waals surface area contributed by atoms with Crippen LogP contribution in [0.1, 0.15) is 55.8 Å².